The van der Waals surface area contributed by atoms with E-state index in [1.54, 1.807) is 24.5 Å². The summed E-state index contributed by atoms with van der Waals surface area (Å²) in [5.74, 6) is 0.758. The van der Waals surface area contributed by atoms with Gasteiger partial charge in [-0.3, -0.25) is 9.78 Å². The molecule has 1 saturated heterocycles. The van der Waals surface area contributed by atoms with Crippen LogP contribution < -0.4 is 5.32 Å². The number of carbonyl (C=O) groups excluding carboxylic acids is 1. The second-order valence-corrected chi connectivity index (χ2v) is 5.78. The van der Waals surface area contributed by atoms with Gasteiger partial charge in [0.1, 0.15) is 0 Å². The van der Waals surface area contributed by atoms with Gasteiger partial charge in [-0.25, -0.2) is 0 Å². The first kappa shape index (κ1) is 14.0. The maximum Gasteiger partial charge on any atom is 0.254 e. The number of nitrogens with one attached hydrogen (secondary N) is 1. The largest absolute Gasteiger partial charge is 0.333 e. The molecule has 104 valence electrons. The summed E-state index contributed by atoms with van der Waals surface area (Å²) in [6.45, 7) is 8.19. The van der Waals surface area contributed by atoms with E-state index in [1.165, 1.54) is 0 Å². The molecule has 0 saturated carbocycles. The topological polar surface area (TPSA) is 45.2 Å². The molecule has 0 spiro atoms. The summed E-state index contributed by atoms with van der Waals surface area (Å²) in [6.07, 6.45) is 4.45. The van der Waals surface area contributed by atoms with Crippen molar-refractivity contribution in [1.29, 1.82) is 0 Å². The third kappa shape index (κ3) is 3.53. The molecule has 4 heteroatoms. The lowest BCUT2D eigenvalue weighted by molar-refractivity contribution is 0.0595. The summed E-state index contributed by atoms with van der Waals surface area (Å²) in [7, 11) is 0. The van der Waals surface area contributed by atoms with Crippen molar-refractivity contribution in [2.75, 3.05) is 13.1 Å². The van der Waals surface area contributed by atoms with Crippen LogP contribution >= 0.6 is 0 Å². The van der Waals surface area contributed by atoms with Gasteiger partial charge in [0.05, 0.1) is 0 Å². The van der Waals surface area contributed by atoms with E-state index in [-0.39, 0.29) is 11.9 Å². The van der Waals surface area contributed by atoms with Gasteiger partial charge < -0.3 is 10.2 Å². The predicted octanol–water partition coefficient (Wildman–Crippen LogP) is 1.93. The fourth-order valence-electron chi connectivity index (χ4n) is 2.60. The Balaban J connectivity index is 2.07. The molecule has 1 amide bonds. The number of nitrogens with zero attached hydrogens (tertiary/aromatic N) is 2. The first-order chi connectivity index (χ1) is 9.08. The molecule has 1 aromatic rings. The van der Waals surface area contributed by atoms with Gasteiger partial charge in [0.15, 0.2) is 0 Å². The van der Waals surface area contributed by atoms with Crippen LogP contribution in [-0.4, -0.2) is 41.0 Å². The van der Waals surface area contributed by atoms with Crippen molar-refractivity contribution >= 4 is 5.91 Å². The molecule has 0 bridgehead atoms. The molecule has 2 heterocycles. The first-order valence-corrected chi connectivity index (χ1v) is 7.02. The van der Waals surface area contributed by atoms with E-state index in [4.69, 9.17) is 0 Å². The Labute approximate surface area is 115 Å². The number of aromatic nitrogens is 1. The van der Waals surface area contributed by atoms with Crippen molar-refractivity contribution in [2.24, 2.45) is 5.92 Å². The minimum Gasteiger partial charge on any atom is -0.333 e. The van der Waals surface area contributed by atoms with Crippen molar-refractivity contribution in [3.05, 3.63) is 30.1 Å². The molecule has 1 fully saturated rings. The lowest BCUT2D eigenvalue weighted by atomic mass is 9.99. The molecular formula is C15H23N3O. The van der Waals surface area contributed by atoms with Crippen LogP contribution in [0.3, 0.4) is 0 Å². The molecule has 1 aliphatic rings. The van der Waals surface area contributed by atoms with E-state index in [0.29, 0.717) is 12.0 Å². The highest BCUT2D eigenvalue weighted by atomic mass is 16.2. The van der Waals surface area contributed by atoms with E-state index in [9.17, 15) is 4.79 Å². The van der Waals surface area contributed by atoms with Crippen LogP contribution in [0.2, 0.25) is 0 Å². The maximum absolute atomic E-state index is 12.5. The third-order valence-corrected chi connectivity index (χ3v) is 3.60. The molecule has 19 heavy (non-hydrogen) atoms. The van der Waals surface area contributed by atoms with E-state index in [0.717, 1.165) is 25.1 Å². The summed E-state index contributed by atoms with van der Waals surface area (Å²) < 4.78 is 0. The number of hydrogen-bond acceptors (Lipinski definition) is 3. The van der Waals surface area contributed by atoms with Crippen LogP contribution in [0.1, 0.15) is 37.6 Å². The summed E-state index contributed by atoms with van der Waals surface area (Å²) in [4.78, 5) is 18.5. The Kier molecular flexibility index (Phi) is 4.53. The van der Waals surface area contributed by atoms with Crippen LogP contribution in [-0.2, 0) is 0 Å². The maximum atomic E-state index is 12.5. The molecule has 1 aliphatic heterocycles. The zero-order valence-corrected chi connectivity index (χ0v) is 12.0. The Hall–Kier alpha value is -1.42. The summed E-state index contributed by atoms with van der Waals surface area (Å²) in [5.41, 5.74) is 0.729. The Bertz CT molecular complexity index is 419. The molecular weight excluding hydrogens is 238 g/mol. The van der Waals surface area contributed by atoms with Gasteiger partial charge in [0, 0.05) is 43.1 Å². The van der Waals surface area contributed by atoms with E-state index >= 15 is 0 Å². The molecule has 0 aliphatic carbocycles. The standard InChI is InChI=1S/C15H23N3O/c1-11(2)8-14-10-18(12(3)9-17-14)15(19)13-4-6-16-7-5-13/h4-7,11-12,14,17H,8-10H2,1-3H3. The van der Waals surface area contributed by atoms with E-state index < -0.39 is 0 Å². The first-order valence-electron chi connectivity index (χ1n) is 7.02. The van der Waals surface area contributed by atoms with Crippen molar-refractivity contribution in [3.8, 4) is 0 Å². The van der Waals surface area contributed by atoms with Gasteiger partial charge in [-0.05, 0) is 31.4 Å². The van der Waals surface area contributed by atoms with Crippen molar-refractivity contribution in [1.82, 2.24) is 15.2 Å². The quantitative estimate of drug-likeness (QED) is 0.904. The highest BCUT2D eigenvalue weighted by molar-refractivity contribution is 5.94. The predicted molar refractivity (Wildman–Crippen MR) is 76.0 cm³/mol. The van der Waals surface area contributed by atoms with Gasteiger partial charge in [-0.2, -0.15) is 0 Å². The van der Waals surface area contributed by atoms with Crippen LogP contribution in [0, 0.1) is 5.92 Å². The second-order valence-electron chi connectivity index (χ2n) is 5.78. The Morgan fingerprint density at radius 1 is 1.47 bits per heavy atom. The van der Waals surface area contributed by atoms with Gasteiger partial charge in [0.2, 0.25) is 0 Å². The second kappa shape index (κ2) is 6.15. The zero-order valence-electron chi connectivity index (χ0n) is 12.0. The number of hydrogen-bond donors (Lipinski definition) is 1. The molecule has 2 rings (SSSR count). The lowest BCUT2D eigenvalue weighted by Gasteiger charge is -2.39. The fourth-order valence-corrected chi connectivity index (χ4v) is 2.60. The highest BCUT2D eigenvalue weighted by Crippen LogP contribution is 2.16. The van der Waals surface area contributed by atoms with Crippen molar-refractivity contribution in [3.63, 3.8) is 0 Å². The Morgan fingerprint density at radius 2 is 2.16 bits per heavy atom. The van der Waals surface area contributed by atoms with Gasteiger partial charge in [-0.15, -0.1) is 0 Å². The van der Waals surface area contributed by atoms with E-state index in [2.05, 4.69) is 31.1 Å². The average Bonchev–Trinajstić information content (AvgIpc) is 2.40. The summed E-state index contributed by atoms with van der Waals surface area (Å²) in [6, 6.07) is 4.22. The van der Waals surface area contributed by atoms with Crippen LogP contribution in [0.15, 0.2) is 24.5 Å². The number of amides is 1. The van der Waals surface area contributed by atoms with E-state index in [1.807, 2.05) is 4.90 Å². The van der Waals surface area contributed by atoms with Gasteiger partial charge >= 0.3 is 0 Å². The molecule has 1 N–H and O–H groups in total. The SMILES string of the molecule is CC(C)CC1CN(C(=O)c2ccncc2)C(C)CN1. The summed E-state index contributed by atoms with van der Waals surface area (Å²) in [5, 5.41) is 3.53. The zero-order chi connectivity index (χ0) is 13.8. The molecule has 0 aromatic carbocycles. The molecule has 1 aromatic heterocycles. The molecule has 4 nitrogen and oxygen atoms in total. The van der Waals surface area contributed by atoms with Crippen LogP contribution in [0.25, 0.3) is 0 Å². The summed E-state index contributed by atoms with van der Waals surface area (Å²) >= 11 is 0. The van der Waals surface area contributed by atoms with Crippen LogP contribution in [0.4, 0.5) is 0 Å². The van der Waals surface area contributed by atoms with Crippen LogP contribution in [0.5, 0.6) is 0 Å². The molecule has 2 atom stereocenters. The third-order valence-electron chi connectivity index (χ3n) is 3.60. The highest BCUT2D eigenvalue weighted by Gasteiger charge is 2.29. The smallest absolute Gasteiger partial charge is 0.254 e. The van der Waals surface area contributed by atoms with Crippen molar-refractivity contribution < 1.29 is 4.79 Å². The van der Waals surface area contributed by atoms with Gasteiger partial charge in [-0.1, -0.05) is 13.8 Å². The number of carbonyl (C=O) groups is 1. The Morgan fingerprint density at radius 3 is 2.79 bits per heavy atom. The minimum absolute atomic E-state index is 0.116. The minimum atomic E-state index is 0.116. The number of piperazine rings is 1. The fraction of sp³-hybridized carbons (Fsp3) is 0.600. The molecule has 2 unspecified atom stereocenters. The number of rotatable bonds is 3. The van der Waals surface area contributed by atoms with Crippen molar-refractivity contribution in [2.45, 2.75) is 39.3 Å². The normalized spacial score (nSPS) is 23.7. The van der Waals surface area contributed by atoms with Gasteiger partial charge in [0.25, 0.3) is 5.91 Å². The average molecular weight is 261 g/mol. The lowest BCUT2D eigenvalue weighted by Crippen LogP contribution is -2.57. The monoisotopic (exact) mass is 261 g/mol. The number of pyridine rings is 1. The molecule has 0 radical (unpaired) electrons.